The van der Waals surface area contributed by atoms with Gasteiger partial charge in [0.1, 0.15) is 0 Å². The molecule has 0 radical (unpaired) electrons. The third kappa shape index (κ3) is 33.8. The van der Waals surface area contributed by atoms with Crippen molar-refractivity contribution in [3.8, 4) is 0 Å². The number of thiazole rings is 1. The zero-order valence-corrected chi connectivity index (χ0v) is 23.0. The summed E-state index contributed by atoms with van der Waals surface area (Å²) in [5, 5.41) is 24.1. The van der Waals surface area contributed by atoms with Crippen molar-refractivity contribution in [3.63, 3.8) is 0 Å². The second-order valence-electron chi connectivity index (χ2n) is 7.98. The number of nitrogens with two attached hydrogens (primary N) is 2. The number of carbonyl (C=O) groups is 3. The third-order valence-corrected chi connectivity index (χ3v) is 4.34. The van der Waals surface area contributed by atoms with Gasteiger partial charge in [0, 0.05) is 24.2 Å². The van der Waals surface area contributed by atoms with E-state index in [1.807, 2.05) is 12.4 Å². The lowest BCUT2D eigenvalue weighted by Gasteiger charge is -1.96. The van der Waals surface area contributed by atoms with E-state index in [-0.39, 0.29) is 5.91 Å². The van der Waals surface area contributed by atoms with Gasteiger partial charge in [-0.15, -0.1) is 22.7 Å². The molecule has 2 heterocycles. The molecule has 196 valence electrons. The first-order valence-electron chi connectivity index (χ1n) is 10.6. The average molecular weight is 520 g/mol. The first kappa shape index (κ1) is 35.7. The molecule has 34 heavy (non-hydrogen) atoms. The molecule has 3 amide bonds. The van der Waals surface area contributed by atoms with Crippen LogP contribution in [-0.4, -0.2) is 40.3 Å². The van der Waals surface area contributed by atoms with Crippen LogP contribution >= 0.6 is 22.7 Å². The summed E-state index contributed by atoms with van der Waals surface area (Å²) >= 11 is 3.24. The molecule has 0 aromatic carbocycles. The molecule has 0 atom stereocenters. The predicted molar refractivity (Wildman–Crippen MR) is 143 cm³/mol. The Hall–Kier alpha value is -2.86. The first-order chi connectivity index (χ1) is 15.6. The molecular formula is C22H41N5O5S2. The van der Waals surface area contributed by atoms with Crippen LogP contribution in [0.1, 0.15) is 59.0 Å². The van der Waals surface area contributed by atoms with E-state index in [0.717, 1.165) is 30.4 Å². The molecule has 0 aliphatic heterocycles. The van der Waals surface area contributed by atoms with E-state index in [1.54, 1.807) is 11.3 Å². The standard InChI is InChI=1S/C12H15N3OS2.2C4H10.2CH3NO2/c1-8(16)14-12-15-9(7-17-12)3-4-10-5-6-11(13-2)18-10;2*1-4(2)3;2*2-1(3)4/h5-7,13H,3-4H2,1-2H3,(H,14,15,16);2*4H,1-3H3;2*2H2,(H,3,4). The maximum absolute atomic E-state index is 10.9. The lowest BCUT2D eigenvalue weighted by atomic mass is 10.2. The van der Waals surface area contributed by atoms with Crippen LogP contribution in [0.5, 0.6) is 0 Å². The van der Waals surface area contributed by atoms with Crippen molar-refractivity contribution in [3.05, 3.63) is 28.1 Å². The van der Waals surface area contributed by atoms with Crippen LogP contribution < -0.4 is 22.1 Å². The Labute approximate surface area is 210 Å². The van der Waals surface area contributed by atoms with Crippen molar-refractivity contribution in [2.24, 2.45) is 23.3 Å². The molecule has 2 rings (SSSR count). The molecule has 2 aromatic rings. The lowest BCUT2D eigenvalue weighted by molar-refractivity contribution is -0.114. The maximum atomic E-state index is 10.9. The molecular weight excluding hydrogens is 478 g/mol. The number of thiophene rings is 1. The molecule has 0 bridgehead atoms. The number of aryl methyl sites for hydroxylation is 2. The fraction of sp³-hybridized carbons (Fsp3) is 0.545. The van der Waals surface area contributed by atoms with E-state index in [2.05, 4.69) is 80.8 Å². The fourth-order valence-corrected chi connectivity index (χ4v) is 3.18. The molecule has 0 fully saturated rings. The van der Waals surface area contributed by atoms with Crippen LogP contribution in [0.25, 0.3) is 0 Å². The highest BCUT2D eigenvalue weighted by Gasteiger charge is 2.05. The van der Waals surface area contributed by atoms with Crippen LogP contribution in [0.4, 0.5) is 19.7 Å². The number of anilines is 2. The second kappa shape index (κ2) is 22.0. The Balaban J connectivity index is -0.000000492. The van der Waals surface area contributed by atoms with Gasteiger partial charge in [-0.25, -0.2) is 14.6 Å². The van der Waals surface area contributed by atoms with Crippen LogP contribution in [0.15, 0.2) is 17.5 Å². The summed E-state index contributed by atoms with van der Waals surface area (Å²) in [5.41, 5.74) is 9.09. The third-order valence-electron chi connectivity index (χ3n) is 2.37. The minimum Gasteiger partial charge on any atom is -0.465 e. The quantitative estimate of drug-likeness (QED) is 0.299. The van der Waals surface area contributed by atoms with Gasteiger partial charge in [0.25, 0.3) is 0 Å². The van der Waals surface area contributed by atoms with E-state index >= 15 is 0 Å². The topological polar surface area (TPSA) is 181 Å². The fourth-order valence-electron chi connectivity index (χ4n) is 1.53. The predicted octanol–water partition coefficient (Wildman–Crippen LogP) is 5.56. The van der Waals surface area contributed by atoms with Crippen molar-refractivity contribution < 1.29 is 24.6 Å². The number of aromatic nitrogens is 1. The molecule has 0 aliphatic rings. The molecule has 0 saturated heterocycles. The van der Waals surface area contributed by atoms with Crippen LogP contribution in [0.2, 0.25) is 0 Å². The summed E-state index contributed by atoms with van der Waals surface area (Å²) in [7, 11) is 1.93. The number of nitrogens with zero attached hydrogens (tertiary/aromatic N) is 1. The summed E-state index contributed by atoms with van der Waals surface area (Å²) in [5.74, 6) is 1.59. The molecule has 2 aromatic heterocycles. The summed E-state index contributed by atoms with van der Waals surface area (Å²) in [6.45, 7) is 14.5. The van der Waals surface area contributed by atoms with Crippen molar-refractivity contribution in [1.29, 1.82) is 0 Å². The zero-order chi connectivity index (χ0) is 27.3. The minimum absolute atomic E-state index is 0.0761. The van der Waals surface area contributed by atoms with E-state index < -0.39 is 12.2 Å². The second-order valence-corrected chi connectivity index (χ2v) is 10.0. The number of primary amides is 2. The molecule has 8 N–H and O–H groups in total. The molecule has 0 unspecified atom stereocenters. The van der Waals surface area contributed by atoms with Crippen LogP contribution in [-0.2, 0) is 17.6 Å². The van der Waals surface area contributed by atoms with Gasteiger partial charge in [-0.1, -0.05) is 41.5 Å². The van der Waals surface area contributed by atoms with Gasteiger partial charge >= 0.3 is 12.2 Å². The number of hydrogen-bond acceptors (Lipinski definition) is 7. The van der Waals surface area contributed by atoms with E-state index in [1.165, 1.54) is 28.1 Å². The highest BCUT2D eigenvalue weighted by Crippen LogP contribution is 2.23. The Morgan fingerprint density at radius 3 is 1.76 bits per heavy atom. The normalized spacial score (nSPS) is 9.00. The van der Waals surface area contributed by atoms with Gasteiger partial charge in [-0.3, -0.25) is 4.79 Å². The van der Waals surface area contributed by atoms with Gasteiger partial charge in [-0.2, -0.15) is 0 Å². The Morgan fingerprint density at radius 2 is 1.41 bits per heavy atom. The van der Waals surface area contributed by atoms with Crippen molar-refractivity contribution in [2.45, 2.75) is 61.3 Å². The number of carboxylic acid groups (broad SMARTS) is 2. The first-order valence-corrected chi connectivity index (χ1v) is 12.2. The smallest absolute Gasteiger partial charge is 0.402 e. The highest BCUT2D eigenvalue weighted by molar-refractivity contribution is 7.16. The Kier molecular flexibility index (Phi) is 23.1. The highest BCUT2D eigenvalue weighted by atomic mass is 32.1. The lowest BCUT2D eigenvalue weighted by Crippen LogP contribution is -2.05. The summed E-state index contributed by atoms with van der Waals surface area (Å²) in [4.78, 5) is 34.2. The molecule has 12 heteroatoms. The number of nitrogens with one attached hydrogen (secondary N) is 2. The molecule has 10 nitrogen and oxygen atoms in total. The average Bonchev–Trinajstić information content (AvgIpc) is 3.26. The van der Waals surface area contributed by atoms with E-state index in [0.29, 0.717) is 5.13 Å². The van der Waals surface area contributed by atoms with Gasteiger partial charge in [0.15, 0.2) is 5.13 Å². The Bertz CT molecular complexity index is 776. The van der Waals surface area contributed by atoms with Crippen LogP contribution in [0, 0.1) is 11.8 Å². The van der Waals surface area contributed by atoms with Gasteiger partial charge in [0.2, 0.25) is 5.91 Å². The number of hydrogen-bond donors (Lipinski definition) is 6. The Morgan fingerprint density at radius 1 is 0.971 bits per heavy atom. The number of amides is 3. The van der Waals surface area contributed by atoms with Crippen molar-refractivity contribution >= 4 is 50.9 Å². The zero-order valence-electron chi connectivity index (χ0n) is 21.3. The van der Waals surface area contributed by atoms with E-state index in [4.69, 9.17) is 19.8 Å². The van der Waals surface area contributed by atoms with Gasteiger partial charge in [-0.05, 0) is 36.8 Å². The molecule has 0 aliphatic carbocycles. The summed E-state index contributed by atoms with van der Waals surface area (Å²) < 4.78 is 0. The number of carbonyl (C=O) groups excluding carboxylic acids is 1. The monoisotopic (exact) mass is 519 g/mol. The largest absolute Gasteiger partial charge is 0.465 e. The number of rotatable bonds is 5. The van der Waals surface area contributed by atoms with Gasteiger partial charge < -0.3 is 32.3 Å². The van der Waals surface area contributed by atoms with Crippen LogP contribution in [0.3, 0.4) is 0 Å². The van der Waals surface area contributed by atoms with Gasteiger partial charge in [0.05, 0.1) is 10.7 Å². The minimum atomic E-state index is -1.33. The molecule has 0 saturated carbocycles. The summed E-state index contributed by atoms with van der Waals surface area (Å²) in [6, 6.07) is 4.22. The van der Waals surface area contributed by atoms with Crippen molar-refractivity contribution in [2.75, 3.05) is 17.7 Å². The summed E-state index contributed by atoms with van der Waals surface area (Å²) in [6.07, 6.45) is -0.782. The SMILES string of the molecule is CC(C)C.CC(C)C.CNc1ccc(CCc2csc(NC(C)=O)n2)s1.NC(=O)O.NC(=O)O. The molecule has 0 spiro atoms. The maximum Gasteiger partial charge on any atom is 0.402 e. The van der Waals surface area contributed by atoms with E-state index in [9.17, 15) is 4.79 Å². The van der Waals surface area contributed by atoms with Crippen molar-refractivity contribution in [1.82, 2.24) is 4.98 Å².